The van der Waals surface area contributed by atoms with E-state index in [-0.39, 0.29) is 0 Å². The minimum absolute atomic E-state index is 0.489. The summed E-state index contributed by atoms with van der Waals surface area (Å²) in [6.45, 7) is 0.489. The Morgan fingerprint density at radius 2 is 1.67 bits per heavy atom. The lowest BCUT2D eigenvalue weighted by molar-refractivity contribution is 0.307. The fraction of sp³-hybridized carbons (Fsp3) is 0.0400. The van der Waals surface area contributed by atoms with Gasteiger partial charge in [0.2, 0.25) is 5.95 Å². The molecule has 0 aliphatic rings. The number of nitrogens with zero attached hydrogens (tertiary/aromatic N) is 2. The number of anilines is 1. The van der Waals surface area contributed by atoms with E-state index in [0.717, 1.165) is 27.9 Å². The van der Waals surface area contributed by atoms with Gasteiger partial charge in [0.25, 0.3) is 0 Å². The number of ether oxygens (including phenoxy) is 1. The van der Waals surface area contributed by atoms with Gasteiger partial charge in [-0.1, -0.05) is 66.7 Å². The molecule has 30 heavy (non-hydrogen) atoms. The van der Waals surface area contributed by atoms with Crippen molar-refractivity contribution < 1.29 is 4.74 Å². The largest absolute Gasteiger partial charge is 0.488 e. The molecule has 0 fully saturated rings. The summed E-state index contributed by atoms with van der Waals surface area (Å²) in [4.78, 5) is 7.65. The summed E-state index contributed by atoms with van der Waals surface area (Å²) in [5.41, 5.74) is 6.86. The van der Waals surface area contributed by atoms with Gasteiger partial charge in [0.05, 0.1) is 17.2 Å². The molecule has 146 valence electrons. The lowest BCUT2D eigenvalue weighted by Crippen LogP contribution is -2.00. The van der Waals surface area contributed by atoms with Gasteiger partial charge in [-0.3, -0.25) is 0 Å². The molecule has 0 radical (unpaired) electrons. The van der Waals surface area contributed by atoms with Crippen LogP contribution in [-0.2, 0) is 6.61 Å². The smallest absolute Gasteiger partial charge is 0.222 e. The minimum Gasteiger partial charge on any atom is -0.488 e. The number of hydrogen-bond donors (Lipinski definition) is 2. The van der Waals surface area contributed by atoms with Crippen molar-refractivity contribution in [2.24, 2.45) is 5.10 Å². The normalized spacial score (nSPS) is 11.3. The highest BCUT2D eigenvalue weighted by molar-refractivity contribution is 5.86. The Morgan fingerprint density at radius 1 is 0.867 bits per heavy atom. The summed E-state index contributed by atoms with van der Waals surface area (Å²) < 4.78 is 6.14. The van der Waals surface area contributed by atoms with Gasteiger partial charge in [-0.15, -0.1) is 0 Å². The van der Waals surface area contributed by atoms with Crippen LogP contribution >= 0.6 is 0 Å². The van der Waals surface area contributed by atoms with E-state index >= 15 is 0 Å². The van der Waals surface area contributed by atoms with Crippen LogP contribution in [0.5, 0.6) is 5.75 Å². The maximum atomic E-state index is 6.14. The van der Waals surface area contributed by atoms with E-state index < -0.39 is 0 Å². The van der Waals surface area contributed by atoms with Crippen LogP contribution in [0.1, 0.15) is 11.1 Å². The SMILES string of the molecule is C(=N\Nc1nc2ccccc2[nH]1)/c1ccccc1OCc1cccc2ccccc12. The van der Waals surface area contributed by atoms with Crippen LogP contribution in [0.25, 0.3) is 21.8 Å². The molecule has 0 aliphatic heterocycles. The Bertz CT molecular complexity index is 1300. The van der Waals surface area contributed by atoms with Crippen molar-refractivity contribution in [3.05, 3.63) is 102 Å². The minimum atomic E-state index is 0.489. The maximum absolute atomic E-state index is 6.14. The number of rotatable bonds is 6. The molecule has 0 amide bonds. The third kappa shape index (κ3) is 3.73. The Labute approximate surface area is 174 Å². The van der Waals surface area contributed by atoms with Gasteiger partial charge in [-0.25, -0.2) is 10.4 Å². The van der Waals surface area contributed by atoms with Crippen molar-refractivity contribution in [3.63, 3.8) is 0 Å². The molecule has 5 rings (SSSR count). The van der Waals surface area contributed by atoms with Gasteiger partial charge in [0, 0.05) is 5.56 Å². The van der Waals surface area contributed by atoms with Crippen LogP contribution in [-0.4, -0.2) is 16.2 Å². The average Bonchev–Trinajstić information content (AvgIpc) is 3.21. The van der Waals surface area contributed by atoms with Crippen LogP contribution in [0.3, 0.4) is 0 Å². The van der Waals surface area contributed by atoms with E-state index in [1.54, 1.807) is 6.21 Å². The number of aromatic amines is 1. The van der Waals surface area contributed by atoms with E-state index in [0.29, 0.717) is 12.6 Å². The molecular weight excluding hydrogens is 372 g/mol. The van der Waals surface area contributed by atoms with Crippen molar-refractivity contribution >= 4 is 34.0 Å². The van der Waals surface area contributed by atoms with Crippen LogP contribution in [0.15, 0.2) is 96.1 Å². The Morgan fingerprint density at radius 3 is 2.63 bits per heavy atom. The second-order valence-electron chi connectivity index (χ2n) is 6.94. The second kappa shape index (κ2) is 8.09. The van der Waals surface area contributed by atoms with Gasteiger partial charge in [-0.05, 0) is 40.6 Å². The van der Waals surface area contributed by atoms with Crippen LogP contribution in [0.2, 0.25) is 0 Å². The first-order valence-electron chi connectivity index (χ1n) is 9.79. The first kappa shape index (κ1) is 17.9. The number of hydrogen-bond acceptors (Lipinski definition) is 4. The Balaban J connectivity index is 1.32. The lowest BCUT2D eigenvalue weighted by Gasteiger charge is -2.11. The van der Waals surface area contributed by atoms with Crippen molar-refractivity contribution in [2.75, 3.05) is 5.43 Å². The first-order chi connectivity index (χ1) is 14.9. The van der Waals surface area contributed by atoms with Gasteiger partial charge in [0.1, 0.15) is 12.4 Å². The average molecular weight is 392 g/mol. The second-order valence-corrected chi connectivity index (χ2v) is 6.94. The summed E-state index contributed by atoms with van der Waals surface area (Å²) in [5, 5.41) is 6.74. The molecule has 2 N–H and O–H groups in total. The van der Waals surface area contributed by atoms with Gasteiger partial charge < -0.3 is 9.72 Å². The highest BCUT2D eigenvalue weighted by Crippen LogP contribution is 2.22. The van der Waals surface area contributed by atoms with Crippen LogP contribution < -0.4 is 10.2 Å². The van der Waals surface area contributed by atoms with E-state index in [9.17, 15) is 0 Å². The van der Waals surface area contributed by atoms with Gasteiger partial charge >= 0.3 is 0 Å². The number of benzene rings is 4. The number of H-pyrrole nitrogens is 1. The fourth-order valence-corrected chi connectivity index (χ4v) is 3.46. The van der Waals surface area contributed by atoms with Crippen molar-refractivity contribution in [2.45, 2.75) is 6.61 Å². The van der Waals surface area contributed by atoms with Crippen LogP contribution in [0.4, 0.5) is 5.95 Å². The fourth-order valence-electron chi connectivity index (χ4n) is 3.46. The third-order valence-corrected chi connectivity index (χ3v) is 4.95. The number of nitrogens with one attached hydrogen (secondary N) is 2. The summed E-state index contributed by atoms with van der Waals surface area (Å²) in [6, 6.07) is 30.3. The predicted octanol–water partition coefficient (Wildman–Crippen LogP) is 5.74. The topological polar surface area (TPSA) is 62.3 Å². The van der Waals surface area contributed by atoms with E-state index in [2.05, 4.69) is 56.9 Å². The van der Waals surface area contributed by atoms with Gasteiger partial charge in [-0.2, -0.15) is 5.10 Å². The third-order valence-electron chi connectivity index (χ3n) is 4.95. The lowest BCUT2D eigenvalue weighted by atomic mass is 10.1. The Hall–Kier alpha value is -4.12. The molecule has 0 saturated heterocycles. The standard InChI is InChI=1S/C25H20N4O/c1-3-12-21-18(8-1)10-7-11-20(21)17-30-24-15-6-2-9-19(24)16-26-29-25-27-22-13-4-5-14-23(22)28-25/h1-16H,17H2,(H2,27,28,29)/b26-16+. The molecule has 5 heteroatoms. The van der Waals surface area contributed by atoms with Crippen molar-refractivity contribution in [3.8, 4) is 5.75 Å². The molecule has 4 aromatic carbocycles. The summed E-state index contributed by atoms with van der Waals surface area (Å²) in [5.74, 6) is 1.38. The molecule has 0 bridgehead atoms. The predicted molar refractivity (Wildman–Crippen MR) is 122 cm³/mol. The molecule has 0 saturated carbocycles. The molecule has 5 aromatic rings. The molecule has 0 aliphatic carbocycles. The number of imidazole rings is 1. The van der Waals surface area contributed by atoms with Crippen molar-refractivity contribution in [1.82, 2.24) is 9.97 Å². The zero-order valence-electron chi connectivity index (χ0n) is 16.2. The molecule has 0 atom stereocenters. The highest BCUT2D eigenvalue weighted by Gasteiger charge is 2.05. The molecule has 0 unspecified atom stereocenters. The zero-order valence-corrected chi connectivity index (χ0v) is 16.2. The van der Waals surface area contributed by atoms with E-state index in [1.165, 1.54) is 10.8 Å². The monoisotopic (exact) mass is 392 g/mol. The summed E-state index contributed by atoms with van der Waals surface area (Å²) in [7, 11) is 0. The Kier molecular flexibility index (Phi) is 4.84. The number of para-hydroxylation sites is 3. The molecular formula is C25H20N4O. The van der Waals surface area contributed by atoms with E-state index in [4.69, 9.17) is 4.74 Å². The molecule has 1 heterocycles. The quantitative estimate of drug-likeness (QED) is 0.286. The maximum Gasteiger partial charge on any atom is 0.222 e. The van der Waals surface area contributed by atoms with Crippen LogP contribution in [0, 0.1) is 0 Å². The van der Waals surface area contributed by atoms with E-state index in [1.807, 2.05) is 54.6 Å². The molecule has 5 nitrogen and oxygen atoms in total. The zero-order chi connectivity index (χ0) is 20.2. The molecule has 1 aromatic heterocycles. The summed E-state index contributed by atoms with van der Waals surface area (Å²) in [6.07, 6.45) is 1.74. The number of fused-ring (bicyclic) bond motifs is 2. The molecule has 0 spiro atoms. The summed E-state index contributed by atoms with van der Waals surface area (Å²) >= 11 is 0. The first-order valence-corrected chi connectivity index (χ1v) is 9.79. The number of hydrazone groups is 1. The van der Waals surface area contributed by atoms with Crippen molar-refractivity contribution in [1.29, 1.82) is 0 Å². The van der Waals surface area contributed by atoms with Gasteiger partial charge in [0.15, 0.2) is 0 Å². The number of aromatic nitrogens is 2. The highest BCUT2D eigenvalue weighted by atomic mass is 16.5.